The van der Waals surface area contributed by atoms with Crippen molar-refractivity contribution in [2.45, 2.75) is 62.4 Å². The zero-order valence-electron chi connectivity index (χ0n) is 18.8. The van der Waals surface area contributed by atoms with Crippen LogP contribution in [0.1, 0.15) is 42.1 Å². The molecule has 0 radical (unpaired) electrons. The van der Waals surface area contributed by atoms with Crippen LogP contribution in [-0.4, -0.2) is 64.2 Å². The molecule has 10 heteroatoms. The normalized spacial score (nSPS) is 28.4. The van der Waals surface area contributed by atoms with Gasteiger partial charge in [-0.1, -0.05) is 24.6 Å². The van der Waals surface area contributed by atoms with Gasteiger partial charge in [0.1, 0.15) is 48.7 Å². The van der Waals surface area contributed by atoms with E-state index in [0.29, 0.717) is 23.3 Å². The lowest BCUT2D eigenvalue weighted by atomic mass is 9.69. The summed E-state index contributed by atoms with van der Waals surface area (Å²) in [5.74, 6) is -0.226. The highest BCUT2D eigenvalue weighted by Crippen LogP contribution is 2.53. The van der Waals surface area contributed by atoms with Crippen molar-refractivity contribution in [3.63, 3.8) is 0 Å². The van der Waals surface area contributed by atoms with Gasteiger partial charge in [0.25, 0.3) is 0 Å². The molecule has 35 heavy (non-hydrogen) atoms. The molecule has 4 rings (SSSR count). The van der Waals surface area contributed by atoms with Gasteiger partial charge in [-0.25, -0.2) is 4.39 Å². The van der Waals surface area contributed by atoms with Crippen LogP contribution in [0.25, 0.3) is 0 Å². The molecule has 4 N–H and O–H groups in total. The van der Waals surface area contributed by atoms with Gasteiger partial charge in [0.2, 0.25) is 0 Å². The molecule has 192 valence electrons. The first-order valence-corrected chi connectivity index (χ1v) is 11.4. The predicted octanol–water partition coefficient (Wildman–Crippen LogP) is 3.04. The molecule has 2 aliphatic rings. The van der Waals surface area contributed by atoms with Crippen LogP contribution >= 0.6 is 0 Å². The Labute approximate surface area is 199 Å². The van der Waals surface area contributed by atoms with Gasteiger partial charge in [-0.05, 0) is 53.8 Å². The smallest absolute Gasteiger partial charge is 0.397 e. The summed E-state index contributed by atoms with van der Waals surface area (Å²) in [7, 11) is 0. The van der Waals surface area contributed by atoms with E-state index in [9.17, 15) is 38.0 Å². The second-order valence-corrected chi connectivity index (χ2v) is 9.34. The number of rotatable bonds is 7. The van der Waals surface area contributed by atoms with Crippen LogP contribution in [0, 0.1) is 11.2 Å². The maximum Gasteiger partial charge on any atom is 0.397 e. The molecule has 0 bridgehead atoms. The summed E-state index contributed by atoms with van der Waals surface area (Å²) >= 11 is 0. The highest BCUT2D eigenvalue weighted by atomic mass is 19.4. The van der Waals surface area contributed by atoms with Gasteiger partial charge in [-0.2, -0.15) is 13.2 Å². The Morgan fingerprint density at radius 1 is 0.971 bits per heavy atom. The minimum absolute atomic E-state index is 0.0542. The molecule has 1 saturated carbocycles. The largest absolute Gasteiger partial charge is 0.493 e. The molecule has 1 saturated heterocycles. The third-order valence-corrected chi connectivity index (χ3v) is 7.04. The third-order valence-electron chi connectivity index (χ3n) is 7.04. The first kappa shape index (κ1) is 25.8. The lowest BCUT2D eigenvalue weighted by molar-refractivity contribution is -0.259. The number of benzene rings is 2. The van der Waals surface area contributed by atoms with Gasteiger partial charge < -0.3 is 29.9 Å². The Balaban J connectivity index is 1.44. The number of halogens is 4. The Morgan fingerprint density at radius 3 is 2.23 bits per heavy atom. The first-order valence-electron chi connectivity index (χ1n) is 11.4. The topological polar surface area (TPSA) is 99.4 Å². The molecule has 2 fully saturated rings. The molecule has 2 aromatic carbocycles. The van der Waals surface area contributed by atoms with E-state index in [0.717, 1.165) is 0 Å². The minimum atomic E-state index is -4.31. The molecular formula is C25H28F4O6. The molecule has 0 spiro atoms. The quantitative estimate of drug-likeness (QED) is 0.437. The van der Waals surface area contributed by atoms with E-state index in [2.05, 4.69) is 0 Å². The summed E-state index contributed by atoms with van der Waals surface area (Å²) in [6.45, 7) is -1.01. The third kappa shape index (κ3) is 5.17. The second-order valence-electron chi connectivity index (χ2n) is 9.34. The van der Waals surface area contributed by atoms with Crippen LogP contribution in [0.5, 0.6) is 5.75 Å². The Bertz CT molecular complexity index is 1010. The molecule has 2 aromatic rings. The monoisotopic (exact) mass is 500 g/mol. The van der Waals surface area contributed by atoms with Gasteiger partial charge in [-0.3, -0.25) is 0 Å². The van der Waals surface area contributed by atoms with E-state index < -0.39 is 61.1 Å². The summed E-state index contributed by atoms with van der Waals surface area (Å²) in [4.78, 5) is 0. The van der Waals surface area contributed by atoms with Crippen LogP contribution < -0.4 is 4.74 Å². The number of alkyl halides is 3. The van der Waals surface area contributed by atoms with Crippen LogP contribution in [0.2, 0.25) is 0 Å². The van der Waals surface area contributed by atoms with Gasteiger partial charge in [0.15, 0.2) is 0 Å². The summed E-state index contributed by atoms with van der Waals surface area (Å²) in [5, 5.41) is 39.7. The number of hydrogen-bond acceptors (Lipinski definition) is 6. The summed E-state index contributed by atoms with van der Waals surface area (Å²) in [6, 6.07) is 10.4. The number of aliphatic hydroxyl groups excluding tert-OH is 4. The highest BCUT2D eigenvalue weighted by Gasteiger charge is 2.58. The van der Waals surface area contributed by atoms with Crippen LogP contribution in [0.3, 0.4) is 0 Å². The lowest BCUT2D eigenvalue weighted by Gasteiger charge is -2.42. The van der Waals surface area contributed by atoms with Crippen LogP contribution in [0.4, 0.5) is 17.6 Å². The lowest BCUT2D eigenvalue weighted by Crippen LogP contribution is -2.55. The fourth-order valence-corrected chi connectivity index (χ4v) is 4.54. The van der Waals surface area contributed by atoms with Crippen molar-refractivity contribution in [3.05, 3.63) is 65.0 Å². The van der Waals surface area contributed by atoms with E-state index in [1.807, 2.05) is 0 Å². The summed E-state index contributed by atoms with van der Waals surface area (Å²) < 4.78 is 65.4. The fourth-order valence-electron chi connectivity index (χ4n) is 4.54. The van der Waals surface area contributed by atoms with E-state index in [1.54, 1.807) is 12.1 Å². The van der Waals surface area contributed by atoms with Crippen molar-refractivity contribution in [2.24, 2.45) is 5.41 Å². The standard InChI is InChI=1S/C25H28F4O6/c26-18-7-4-15(23-22(33)21(32)20(31)19(12-30)35-23)11-16(18)10-14-2-5-17(6-3-14)34-13-24(8-1-9-24)25(27,28)29/h2-7,11,19-23,30-33H,1,8-10,12-13H2/t19-,20-,21+,22-,23?/m1/s1. The molecule has 1 unspecified atom stereocenters. The zero-order valence-corrected chi connectivity index (χ0v) is 18.8. The van der Waals surface area contributed by atoms with Crippen molar-refractivity contribution in [1.82, 2.24) is 0 Å². The van der Waals surface area contributed by atoms with Crippen molar-refractivity contribution in [3.8, 4) is 5.75 Å². The van der Waals surface area contributed by atoms with Crippen molar-refractivity contribution in [1.29, 1.82) is 0 Å². The minimum Gasteiger partial charge on any atom is -0.493 e. The molecule has 6 nitrogen and oxygen atoms in total. The molecule has 1 heterocycles. The summed E-state index contributed by atoms with van der Waals surface area (Å²) in [6.07, 6.45) is -10.3. The van der Waals surface area contributed by atoms with Crippen molar-refractivity contribution >= 4 is 0 Å². The van der Waals surface area contributed by atoms with Gasteiger partial charge in [0, 0.05) is 6.42 Å². The first-order chi connectivity index (χ1) is 16.5. The highest BCUT2D eigenvalue weighted by molar-refractivity contribution is 5.35. The van der Waals surface area contributed by atoms with Crippen LogP contribution in [-0.2, 0) is 11.2 Å². The summed E-state index contributed by atoms with van der Waals surface area (Å²) in [5.41, 5.74) is -0.495. The average molecular weight is 500 g/mol. The Hall–Kier alpha value is -2.24. The number of hydrogen-bond donors (Lipinski definition) is 4. The van der Waals surface area contributed by atoms with E-state index in [4.69, 9.17) is 9.47 Å². The van der Waals surface area contributed by atoms with Gasteiger partial charge in [-0.15, -0.1) is 0 Å². The molecule has 0 aromatic heterocycles. The second kappa shape index (κ2) is 10.0. The Kier molecular flexibility index (Phi) is 7.40. The van der Waals surface area contributed by atoms with Crippen molar-refractivity contribution in [2.75, 3.05) is 13.2 Å². The van der Waals surface area contributed by atoms with E-state index in [1.165, 1.54) is 30.3 Å². The number of aliphatic hydroxyl groups is 4. The average Bonchev–Trinajstić information content (AvgIpc) is 2.79. The van der Waals surface area contributed by atoms with Crippen molar-refractivity contribution < 1.29 is 47.5 Å². The van der Waals surface area contributed by atoms with E-state index >= 15 is 0 Å². The maximum atomic E-state index is 14.5. The Morgan fingerprint density at radius 2 is 1.66 bits per heavy atom. The molecule has 1 aliphatic heterocycles. The number of ether oxygens (including phenoxy) is 2. The van der Waals surface area contributed by atoms with Gasteiger partial charge in [0.05, 0.1) is 12.0 Å². The molecule has 0 amide bonds. The maximum absolute atomic E-state index is 14.5. The van der Waals surface area contributed by atoms with Gasteiger partial charge >= 0.3 is 6.18 Å². The SMILES string of the molecule is OC[C@H]1OC(c2ccc(F)c(Cc3ccc(OCC4(C(F)(F)F)CCC4)cc3)c2)[C@H](O)[C@@H](O)[C@@H]1O. The molecule has 5 atom stereocenters. The fraction of sp³-hybridized carbons (Fsp3) is 0.520. The molecule has 1 aliphatic carbocycles. The molecular weight excluding hydrogens is 472 g/mol. The predicted molar refractivity (Wildman–Crippen MR) is 116 cm³/mol. The zero-order chi connectivity index (χ0) is 25.4. The van der Waals surface area contributed by atoms with E-state index in [-0.39, 0.29) is 24.8 Å². The van der Waals surface area contributed by atoms with Crippen LogP contribution in [0.15, 0.2) is 42.5 Å².